The van der Waals surface area contributed by atoms with E-state index in [9.17, 15) is 4.79 Å². The molecule has 0 fully saturated rings. The molecule has 0 spiro atoms. The fourth-order valence-corrected chi connectivity index (χ4v) is 1.30. The molecule has 3 nitrogen and oxygen atoms in total. The van der Waals surface area contributed by atoms with Crippen LogP contribution in [0.25, 0.3) is 0 Å². The van der Waals surface area contributed by atoms with Gasteiger partial charge in [-0.25, -0.2) is 0 Å². The second-order valence-corrected chi connectivity index (χ2v) is 4.18. The van der Waals surface area contributed by atoms with Gasteiger partial charge < -0.3 is 9.73 Å². The van der Waals surface area contributed by atoms with Crippen molar-refractivity contribution in [1.82, 2.24) is 5.32 Å². The minimum absolute atomic E-state index is 0.0519. The van der Waals surface area contributed by atoms with Crippen LogP contribution >= 0.6 is 0 Å². The molecule has 1 aromatic rings. The lowest BCUT2D eigenvalue weighted by Crippen LogP contribution is -2.35. The Labute approximate surface area is 90.9 Å². The zero-order valence-electron chi connectivity index (χ0n) is 9.62. The normalized spacial score (nSPS) is 12.8. The van der Waals surface area contributed by atoms with E-state index < -0.39 is 0 Å². The predicted octanol–water partition coefficient (Wildman–Crippen LogP) is 2.37. The number of amides is 1. The molecule has 0 aliphatic carbocycles. The van der Waals surface area contributed by atoms with E-state index in [1.165, 1.54) is 0 Å². The summed E-state index contributed by atoms with van der Waals surface area (Å²) in [7, 11) is 0. The second-order valence-electron chi connectivity index (χ2n) is 4.18. The molecule has 3 heteroatoms. The summed E-state index contributed by atoms with van der Waals surface area (Å²) in [5.74, 6) is 1.14. The number of nitrogens with one attached hydrogen (secondary N) is 1. The zero-order chi connectivity index (χ0) is 11.3. The van der Waals surface area contributed by atoms with Crippen molar-refractivity contribution in [3.8, 4) is 0 Å². The summed E-state index contributed by atoms with van der Waals surface area (Å²) < 4.78 is 5.22. The fraction of sp³-hybridized carbons (Fsp3) is 0.583. The summed E-state index contributed by atoms with van der Waals surface area (Å²) >= 11 is 0. The number of aryl methyl sites for hydroxylation is 1. The van der Waals surface area contributed by atoms with Gasteiger partial charge in [-0.15, -0.1) is 0 Å². The van der Waals surface area contributed by atoms with Crippen LogP contribution in [0.2, 0.25) is 0 Å². The Morgan fingerprint density at radius 2 is 2.20 bits per heavy atom. The summed E-state index contributed by atoms with van der Waals surface area (Å²) in [4.78, 5) is 11.4. The SMILES string of the molecule is CC(CCc1ccco1)NC(=O)C(C)C. The van der Waals surface area contributed by atoms with Crippen molar-refractivity contribution in [3.63, 3.8) is 0 Å². The number of carbonyl (C=O) groups is 1. The Bertz CT molecular complexity index is 291. The first-order valence-corrected chi connectivity index (χ1v) is 5.42. The van der Waals surface area contributed by atoms with E-state index in [0.717, 1.165) is 18.6 Å². The van der Waals surface area contributed by atoms with E-state index in [4.69, 9.17) is 4.42 Å². The standard InChI is InChI=1S/C12H19NO2/c1-9(2)12(14)13-10(3)6-7-11-5-4-8-15-11/h4-5,8-10H,6-7H2,1-3H3,(H,13,14). The third kappa shape index (κ3) is 4.19. The zero-order valence-corrected chi connectivity index (χ0v) is 9.62. The van der Waals surface area contributed by atoms with Crippen molar-refractivity contribution in [2.24, 2.45) is 5.92 Å². The first kappa shape index (κ1) is 11.8. The highest BCUT2D eigenvalue weighted by Gasteiger charge is 2.10. The van der Waals surface area contributed by atoms with E-state index >= 15 is 0 Å². The molecule has 0 bridgehead atoms. The van der Waals surface area contributed by atoms with E-state index in [-0.39, 0.29) is 17.9 Å². The van der Waals surface area contributed by atoms with Gasteiger partial charge in [-0.2, -0.15) is 0 Å². The molecule has 1 heterocycles. The smallest absolute Gasteiger partial charge is 0.222 e. The Balaban J connectivity index is 2.24. The van der Waals surface area contributed by atoms with E-state index in [2.05, 4.69) is 5.32 Å². The molecule has 1 atom stereocenters. The predicted molar refractivity (Wildman–Crippen MR) is 59.5 cm³/mol. The van der Waals surface area contributed by atoms with Crippen LogP contribution in [0, 0.1) is 5.92 Å². The lowest BCUT2D eigenvalue weighted by atomic mass is 10.1. The van der Waals surface area contributed by atoms with Gasteiger partial charge in [-0.1, -0.05) is 13.8 Å². The van der Waals surface area contributed by atoms with E-state index in [0.29, 0.717) is 0 Å². The Hall–Kier alpha value is -1.25. The molecule has 1 unspecified atom stereocenters. The fourth-order valence-electron chi connectivity index (χ4n) is 1.30. The lowest BCUT2D eigenvalue weighted by Gasteiger charge is -2.14. The molecule has 1 aromatic heterocycles. The summed E-state index contributed by atoms with van der Waals surface area (Å²) in [5, 5.41) is 2.96. The maximum absolute atomic E-state index is 11.4. The minimum Gasteiger partial charge on any atom is -0.469 e. The van der Waals surface area contributed by atoms with Gasteiger partial charge in [0.2, 0.25) is 5.91 Å². The molecule has 84 valence electrons. The molecule has 1 rings (SSSR count). The molecule has 0 aromatic carbocycles. The van der Waals surface area contributed by atoms with Crippen molar-refractivity contribution >= 4 is 5.91 Å². The van der Waals surface area contributed by atoms with Crippen LogP contribution in [0.4, 0.5) is 0 Å². The molecule has 0 saturated carbocycles. The first-order chi connectivity index (χ1) is 7.09. The van der Waals surface area contributed by atoms with Crippen LogP contribution in [-0.4, -0.2) is 11.9 Å². The van der Waals surface area contributed by atoms with Gasteiger partial charge in [0.15, 0.2) is 0 Å². The average molecular weight is 209 g/mol. The maximum Gasteiger partial charge on any atom is 0.222 e. The summed E-state index contributed by atoms with van der Waals surface area (Å²) in [6.07, 6.45) is 3.45. The maximum atomic E-state index is 11.4. The van der Waals surface area contributed by atoms with Crippen molar-refractivity contribution in [2.45, 2.75) is 39.7 Å². The highest BCUT2D eigenvalue weighted by Crippen LogP contribution is 2.06. The Morgan fingerprint density at radius 3 is 2.73 bits per heavy atom. The molecule has 0 saturated heterocycles. The van der Waals surface area contributed by atoms with Crippen molar-refractivity contribution < 1.29 is 9.21 Å². The highest BCUT2D eigenvalue weighted by molar-refractivity contribution is 5.78. The van der Waals surface area contributed by atoms with Crippen LogP contribution < -0.4 is 5.32 Å². The van der Waals surface area contributed by atoms with E-state index in [1.54, 1.807) is 6.26 Å². The molecule has 1 amide bonds. The topological polar surface area (TPSA) is 42.2 Å². The number of carbonyl (C=O) groups excluding carboxylic acids is 1. The summed E-state index contributed by atoms with van der Waals surface area (Å²) in [5.41, 5.74) is 0. The van der Waals surface area contributed by atoms with Crippen LogP contribution in [0.5, 0.6) is 0 Å². The lowest BCUT2D eigenvalue weighted by molar-refractivity contribution is -0.124. The van der Waals surface area contributed by atoms with Gasteiger partial charge in [-0.3, -0.25) is 4.79 Å². The van der Waals surface area contributed by atoms with Crippen LogP contribution in [0.15, 0.2) is 22.8 Å². The molecule has 15 heavy (non-hydrogen) atoms. The van der Waals surface area contributed by atoms with Gasteiger partial charge in [0.25, 0.3) is 0 Å². The van der Waals surface area contributed by atoms with Crippen LogP contribution in [0.3, 0.4) is 0 Å². The van der Waals surface area contributed by atoms with Gasteiger partial charge >= 0.3 is 0 Å². The number of hydrogen-bond acceptors (Lipinski definition) is 2. The summed E-state index contributed by atoms with van der Waals surface area (Å²) in [6.45, 7) is 5.81. The molecule has 1 N–H and O–H groups in total. The van der Waals surface area contributed by atoms with Gasteiger partial charge in [0.1, 0.15) is 5.76 Å². The highest BCUT2D eigenvalue weighted by atomic mass is 16.3. The quantitative estimate of drug-likeness (QED) is 0.809. The number of rotatable bonds is 5. The van der Waals surface area contributed by atoms with Crippen molar-refractivity contribution in [1.29, 1.82) is 0 Å². The Kier molecular flexibility index (Phi) is 4.40. The monoisotopic (exact) mass is 209 g/mol. The molecule has 0 aliphatic rings. The molecular weight excluding hydrogens is 190 g/mol. The van der Waals surface area contributed by atoms with Crippen LogP contribution in [0.1, 0.15) is 33.0 Å². The average Bonchev–Trinajstić information content (AvgIpc) is 2.66. The second kappa shape index (κ2) is 5.59. The number of hydrogen-bond donors (Lipinski definition) is 1. The largest absolute Gasteiger partial charge is 0.469 e. The van der Waals surface area contributed by atoms with Crippen molar-refractivity contribution in [3.05, 3.63) is 24.2 Å². The molecule has 0 radical (unpaired) electrons. The number of furan rings is 1. The third-order valence-corrected chi connectivity index (χ3v) is 2.32. The van der Waals surface area contributed by atoms with Gasteiger partial charge in [0.05, 0.1) is 6.26 Å². The van der Waals surface area contributed by atoms with E-state index in [1.807, 2.05) is 32.9 Å². The van der Waals surface area contributed by atoms with Gasteiger partial charge in [0, 0.05) is 18.4 Å². The van der Waals surface area contributed by atoms with Crippen molar-refractivity contribution in [2.75, 3.05) is 0 Å². The molecular formula is C12H19NO2. The van der Waals surface area contributed by atoms with Gasteiger partial charge in [-0.05, 0) is 25.5 Å². The van der Waals surface area contributed by atoms with Crippen LogP contribution in [-0.2, 0) is 11.2 Å². The third-order valence-electron chi connectivity index (χ3n) is 2.32. The first-order valence-electron chi connectivity index (χ1n) is 5.42. The summed E-state index contributed by atoms with van der Waals surface area (Å²) in [6, 6.07) is 4.04. The minimum atomic E-state index is 0.0519. The molecule has 0 aliphatic heterocycles. The Morgan fingerprint density at radius 1 is 1.47 bits per heavy atom.